The first-order valence-corrected chi connectivity index (χ1v) is 12.3. The van der Waals surface area contributed by atoms with Gasteiger partial charge < -0.3 is 10.2 Å². The van der Waals surface area contributed by atoms with Crippen LogP contribution in [0.2, 0.25) is 0 Å². The topological polar surface area (TPSA) is 30.9 Å². The van der Waals surface area contributed by atoms with Crippen LogP contribution < -0.4 is 5.32 Å². The van der Waals surface area contributed by atoms with Crippen LogP contribution in [0.1, 0.15) is 63.5 Å². The van der Waals surface area contributed by atoms with Gasteiger partial charge >= 0.3 is 0 Å². The van der Waals surface area contributed by atoms with E-state index in [4.69, 9.17) is 0 Å². The highest BCUT2D eigenvalue weighted by Crippen LogP contribution is 2.19. The second kappa shape index (κ2) is 15.0. The standard InChI is InChI=1S/C27H43FN4/c1-5-7-8-9-10-24(6-2)20-30-22-29-15-18-31(4)26-13-16-32(17-14-26)21-25-12-11-23(3)19-27(25)28/h9-12,19-20,22,26H,5-8,13-18,21H2,1-4H3,(H,29,30)/b10-9-,24-20-. The number of aliphatic imine (C=N–C) groups is 1. The molecule has 0 unspecified atom stereocenters. The minimum atomic E-state index is -0.0795. The predicted octanol–water partition coefficient (Wildman–Crippen LogP) is 5.69. The number of hydrogen-bond acceptors (Lipinski definition) is 3. The number of nitrogens with one attached hydrogen (secondary N) is 1. The summed E-state index contributed by atoms with van der Waals surface area (Å²) in [5.74, 6) is -0.0795. The van der Waals surface area contributed by atoms with Gasteiger partial charge in [0.2, 0.25) is 0 Å². The van der Waals surface area contributed by atoms with E-state index in [-0.39, 0.29) is 5.82 Å². The Morgan fingerprint density at radius 1 is 1.28 bits per heavy atom. The number of likely N-dealkylation sites (N-methyl/N-ethyl adjacent to an activating group) is 1. The molecular formula is C27H43FN4. The van der Waals surface area contributed by atoms with Gasteiger partial charge in [0.15, 0.2) is 0 Å². The summed E-state index contributed by atoms with van der Waals surface area (Å²) in [6.07, 6.45) is 15.2. The Kier molecular flexibility index (Phi) is 12.3. The summed E-state index contributed by atoms with van der Waals surface area (Å²) >= 11 is 0. The van der Waals surface area contributed by atoms with Crippen LogP contribution in [0.25, 0.3) is 0 Å². The largest absolute Gasteiger partial charge is 0.353 e. The van der Waals surface area contributed by atoms with Crippen molar-refractivity contribution in [1.82, 2.24) is 15.1 Å². The third-order valence-electron chi connectivity index (χ3n) is 6.26. The molecule has 178 valence electrons. The fraction of sp³-hybridized carbons (Fsp3) is 0.593. The lowest BCUT2D eigenvalue weighted by atomic mass is 10.0. The number of benzene rings is 1. The first-order chi connectivity index (χ1) is 15.5. The molecule has 32 heavy (non-hydrogen) atoms. The number of piperidine rings is 1. The summed E-state index contributed by atoms with van der Waals surface area (Å²) < 4.78 is 14.1. The van der Waals surface area contributed by atoms with Crippen LogP contribution in [0.15, 0.2) is 47.1 Å². The monoisotopic (exact) mass is 442 g/mol. The van der Waals surface area contributed by atoms with Gasteiger partial charge in [0, 0.05) is 30.9 Å². The summed E-state index contributed by atoms with van der Waals surface area (Å²) in [4.78, 5) is 9.30. The molecule has 1 aliphatic rings. The van der Waals surface area contributed by atoms with Crippen LogP contribution in [0, 0.1) is 12.7 Å². The summed E-state index contributed by atoms with van der Waals surface area (Å²) in [7, 11) is 2.19. The molecule has 0 radical (unpaired) electrons. The van der Waals surface area contributed by atoms with Crippen LogP contribution in [-0.4, -0.2) is 55.4 Å². The molecule has 0 amide bonds. The quantitative estimate of drug-likeness (QED) is 0.184. The molecule has 1 aromatic rings. The van der Waals surface area contributed by atoms with E-state index in [0.717, 1.165) is 63.0 Å². The van der Waals surface area contributed by atoms with E-state index >= 15 is 0 Å². The number of halogens is 1. The third-order valence-corrected chi connectivity index (χ3v) is 6.26. The van der Waals surface area contributed by atoms with Crippen molar-refractivity contribution in [2.45, 2.75) is 71.9 Å². The molecule has 1 aliphatic heterocycles. The minimum absolute atomic E-state index is 0.0795. The van der Waals surface area contributed by atoms with Gasteiger partial charge in [0.05, 0.1) is 12.9 Å². The van der Waals surface area contributed by atoms with E-state index < -0.39 is 0 Å². The second-order valence-electron chi connectivity index (χ2n) is 8.90. The lowest BCUT2D eigenvalue weighted by Gasteiger charge is -2.36. The maximum atomic E-state index is 14.1. The SMILES string of the molecule is CCCC/C=C\C(=C/NC=NCCN(C)C1CCN(Cc2ccc(C)cc2F)CC1)CC. The number of unbranched alkanes of at least 4 members (excludes halogenated alkanes) is 2. The Balaban J connectivity index is 1.65. The van der Waals surface area contributed by atoms with E-state index in [9.17, 15) is 4.39 Å². The van der Waals surface area contributed by atoms with Gasteiger partial charge in [-0.2, -0.15) is 0 Å². The highest BCUT2D eigenvalue weighted by molar-refractivity contribution is 5.56. The Labute approximate surface area is 195 Å². The van der Waals surface area contributed by atoms with Crippen molar-refractivity contribution in [1.29, 1.82) is 0 Å². The first kappa shape index (κ1) is 26.3. The number of allylic oxidation sites excluding steroid dienone is 3. The molecule has 0 bridgehead atoms. The normalized spacial score (nSPS) is 16.6. The molecule has 0 aromatic heterocycles. The van der Waals surface area contributed by atoms with Crippen molar-refractivity contribution in [3.05, 3.63) is 59.1 Å². The average Bonchev–Trinajstić information content (AvgIpc) is 2.79. The number of aryl methyl sites for hydroxylation is 1. The van der Waals surface area contributed by atoms with Crippen LogP contribution >= 0.6 is 0 Å². The van der Waals surface area contributed by atoms with Crippen molar-refractivity contribution in [2.24, 2.45) is 4.99 Å². The van der Waals surface area contributed by atoms with Crippen molar-refractivity contribution in [2.75, 3.05) is 33.2 Å². The Morgan fingerprint density at radius 3 is 2.75 bits per heavy atom. The van der Waals surface area contributed by atoms with Gasteiger partial charge in [-0.1, -0.05) is 51.0 Å². The third kappa shape index (κ3) is 9.66. The molecule has 1 fully saturated rings. The van der Waals surface area contributed by atoms with Crippen molar-refractivity contribution < 1.29 is 4.39 Å². The van der Waals surface area contributed by atoms with Gasteiger partial charge in [-0.15, -0.1) is 0 Å². The predicted molar refractivity (Wildman–Crippen MR) is 136 cm³/mol. The molecule has 1 saturated heterocycles. The summed E-state index contributed by atoms with van der Waals surface area (Å²) in [6.45, 7) is 10.8. The Morgan fingerprint density at radius 2 is 2.06 bits per heavy atom. The van der Waals surface area contributed by atoms with Gasteiger partial charge in [-0.05, 0) is 69.9 Å². The van der Waals surface area contributed by atoms with E-state index in [1.165, 1.54) is 18.4 Å². The molecule has 0 aliphatic carbocycles. The molecule has 0 saturated carbocycles. The number of likely N-dealkylation sites (tertiary alicyclic amines) is 1. The van der Waals surface area contributed by atoms with Crippen LogP contribution in [0.3, 0.4) is 0 Å². The molecule has 2 rings (SSSR count). The zero-order valence-corrected chi connectivity index (χ0v) is 20.6. The molecule has 1 aromatic carbocycles. The molecule has 5 heteroatoms. The zero-order chi connectivity index (χ0) is 23.2. The molecular weight excluding hydrogens is 399 g/mol. The Bertz CT molecular complexity index is 748. The van der Waals surface area contributed by atoms with Crippen molar-refractivity contribution in [3.8, 4) is 0 Å². The van der Waals surface area contributed by atoms with Gasteiger partial charge in [-0.25, -0.2) is 4.39 Å². The summed E-state index contributed by atoms with van der Waals surface area (Å²) in [5, 5.41) is 3.21. The van der Waals surface area contributed by atoms with Gasteiger partial charge in [0.1, 0.15) is 5.82 Å². The molecule has 0 spiro atoms. The molecule has 1 heterocycles. The van der Waals surface area contributed by atoms with Crippen LogP contribution in [0.5, 0.6) is 0 Å². The molecule has 4 nitrogen and oxygen atoms in total. The highest BCUT2D eigenvalue weighted by atomic mass is 19.1. The number of nitrogens with zero attached hydrogens (tertiary/aromatic N) is 3. The smallest absolute Gasteiger partial charge is 0.127 e. The van der Waals surface area contributed by atoms with E-state index in [1.54, 1.807) is 6.07 Å². The summed E-state index contributed by atoms with van der Waals surface area (Å²) in [5.41, 5.74) is 3.08. The Hall–Kier alpha value is -1.98. The number of rotatable bonds is 13. The van der Waals surface area contributed by atoms with Crippen LogP contribution in [-0.2, 0) is 6.54 Å². The van der Waals surface area contributed by atoms with E-state index in [2.05, 4.69) is 53.2 Å². The van der Waals surface area contributed by atoms with Crippen molar-refractivity contribution in [3.63, 3.8) is 0 Å². The summed E-state index contributed by atoms with van der Waals surface area (Å²) in [6, 6.07) is 6.14. The minimum Gasteiger partial charge on any atom is -0.353 e. The first-order valence-electron chi connectivity index (χ1n) is 12.3. The lowest BCUT2D eigenvalue weighted by molar-refractivity contribution is 0.125. The van der Waals surface area contributed by atoms with Gasteiger partial charge in [0.25, 0.3) is 0 Å². The maximum Gasteiger partial charge on any atom is 0.127 e. The fourth-order valence-electron chi connectivity index (χ4n) is 4.02. The second-order valence-corrected chi connectivity index (χ2v) is 8.90. The van der Waals surface area contributed by atoms with Gasteiger partial charge in [-0.3, -0.25) is 9.89 Å². The average molecular weight is 443 g/mol. The number of hydrogen-bond donors (Lipinski definition) is 1. The fourth-order valence-corrected chi connectivity index (χ4v) is 4.02. The van der Waals surface area contributed by atoms with E-state index in [1.807, 2.05) is 31.6 Å². The van der Waals surface area contributed by atoms with Crippen molar-refractivity contribution >= 4 is 6.34 Å². The van der Waals surface area contributed by atoms with Crippen LogP contribution in [0.4, 0.5) is 4.39 Å². The molecule has 1 N–H and O–H groups in total. The zero-order valence-electron chi connectivity index (χ0n) is 20.6. The highest BCUT2D eigenvalue weighted by Gasteiger charge is 2.22. The molecule has 0 atom stereocenters. The lowest BCUT2D eigenvalue weighted by Crippen LogP contribution is -2.43. The maximum absolute atomic E-state index is 14.1. The van der Waals surface area contributed by atoms with E-state index in [0.29, 0.717) is 12.6 Å².